The molecule has 1 aromatic heterocycles. The van der Waals surface area contributed by atoms with Gasteiger partial charge in [-0.25, -0.2) is 0 Å². The Morgan fingerprint density at radius 1 is 1.25 bits per heavy atom. The summed E-state index contributed by atoms with van der Waals surface area (Å²) in [5.41, 5.74) is 0. The van der Waals surface area contributed by atoms with Crippen LogP contribution in [0, 0.1) is 0 Å². The van der Waals surface area contributed by atoms with E-state index in [9.17, 15) is 13.2 Å². The molecule has 0 saturated carbocycles. The Morgan fingerprint density at radius 2 is 1.94 bits per heavy atom. The predicted octanol–water partition coefficient (Wildman–Crippen LogP) is 3.23. The second-order valence-corrected chi connectivity index (χ2v) is 3.80. The summed E-state index contributed by atoms with van der Waals surface area (Å²) in [5, 5.41) is 7.73. The van der Waals surface area contributed by atoms with Crippen LogP contribution in [0.1, 0.15) is 32.0 Å². The molecule has 0 spiro atoms. The van der Waals surface area contributed by atoms with E-state index in [1.54, 1.807) is 4.57 Å². The fourth-order valence-electron chi connectivity index (χ4n) is 1.39. The molecule has 0 aliphatic heterocycles. The van der Waals surface area contributed by atoms with Gasteiger partial charge < -0.3 is 4.57 Å². The number of alkyl halides is 3. The Bertz CT molecular complexity index is 335. The Morgan fingerprint density at radius 3 is 2.50 bits per heavy atom. The van der Waals surface area contributed by atoms with E-state index in [0.717, 1.165) is 0 Å². The van der Waals surface area contributed by atoms with E-state index in [4.69, 9.17) is 11.6 Å². The van der Waals surface area contributed by atoms with Crippen molar-refractivity contribution >= 4 is 11.6 Å². The minimum absolute atomic E-state index is 0.0984. The van der Waals surface area contributed by atoms with Crippen molar-refractivity contribution in [2.45, 2.75) is 45.3 Å². The third-order valence-corrected chi connectivity index (χ3v) is 2.47. The summed E-state index contributed by atoms with van der Waals surface area (Å²) in [6.07, 6.45) is -3.65. The smallest absolute Gasteiger partial charge is 0.302 e. The molecule has 0 radical (unpaired) electrons. The van der Waals surface area contributed by atoms with Gasteiger partial charge in [-0.15, -0.1) is 10.2 Å². The topological polar surface area (TPSA) is 30.7 Å². The maximum Gasteiger partial charge on any atom is 0.389 e. The van der Waals surface area contributed by atoms with Crippen LogP contribution in [0.25, 0.3) is 0 Å². The summed E-state index contributed by atoms with van der Waals surface area (Å²) >= 11 is 5.76. The van der Waals surface area contributed by atoms with Crippen molar-refractivity contribution in [2.24, 2.45) is 0 Å². The van der Waals surface area contributed by atoms with Crippen LogP contribution in [0.5, 0.6) is 0 Å². The Hall–Kier alpha value is -0.780. The SMILES string of the molecule is CCc1nnc(Cl)n1CCCCC(F)(F)F. The van der Waals surface area contributed by atoms with Crippen LogP contribution in [0.15, 0.2) is 0 Å². The number of unbranched alkanes of at least 4 members (excludes halogenated alkanes) is 1. The van der Waals surface area contributed by atoms with Crippen molar-refractivity contribution in [2.75, 3.05) is 0 Å². The first-order valence-corrected chi connectivity index (χ1v) is 5.46. The second-order valence-electron chi connectivity index (χ2n) is 3.46. The van der Waals surface area contributed by atoms with E-state index in [1.807, 2.05) is 6.92 Å². The third-order valence-electron chi connectivity index (χ3n) is 2.19. The highest BCUT2D eigenvalue weighted by Crippen LogP contribution is 2.22. The van der Waals surface area contributed by atoms with Gasteiger partial charge in [-0.05, 0) is 24.4 Å². The van der Waals surface area contributed by atoms with Gasteiger partial charge in [0, 0.05) is 19.4 Å². The lowest BCUT2D eigenvalue weighted by molar-refractivity contribution is -0.135. The maximum atomic E-state index is 11.9. The van der Waals surface area contributed by atoms with Crippen molar-refractivity contribution in [1.29, 1.82) is 0 Å². The molecule has 0 bridgehead atoms. The molecule has 0 amide bonds. The molecule has 0 aromatic carbocycles. The molecule has 0 saturated heterocycles. The molecular formula is C9H13ClF3N3. The van der Waals surface area contributed by atoms with Crippen LogP contribution >= 0.6 is 11.6 Å². The summed E-state index contributed by atoms with van der Waals surface area (Å²) in [5.74, 6) is 0.706. The van der Waals surface area contributed by atoms with Crippen LogP contribution in [0.3, 0.4) is 0 Å². The normalized spacial score (nSPS) is 12.1. The van der Waals surface area contributed by atoms with Gasteiger partial charge in [0.25, 0.3) is 0 Å². The Kier molecular flexibility index (Phi) is 4.58. The van der Waals surface area contributed by atoms with E-state index in [1.165, 1.54) is 0 Å². The summed E-state index contributed by atoms with van der Waals surface area (Å²) in [7, 11) is 0. The zero-order valence-electron chi connectivity index (χ0n) is 8.89. The summed E-state index contributed by atoms with van der Waals surface area (Å²) in [4.78, 5) is 0. The molecule has 7 heteroatoms. The molecule has 3 nitrogen and oxygen atoms in total. The molecular weight excluding hydrogens is 243 g/mol. The standard InChI is InChI=1S/C9H13ClF3N3/c1-2-7-14-15-8(10)16(7)6-4-3-5-9(11,12)13/h2-6H2,1H3. The summed E-state index contributed by atoms with van der Waals surface area (Å²) in [6.45, 7) is 2.33. The molecule has 0 fully saturated rings. The zero-order valence-corrected chi connectivity index (χ0v) is 9.64. The van der Waals surface area contributed by atoms with Crippen LogP contribution in [-0.2, 0) is 13.0 Å². The van der Waals surface area contributed by atoms with Crippen molar-refractivity contribution in [3.05, 3.63) is 11.1 Å². The number of hydrogen-bond acceptors (Lipinski definition) is 2. The monoisotopic (exact) mass is 255 g/mol. The van der Waals surface area contributed by atoms with Crippen LogP contribution < -0.4 is 0 Å². The second kappa shape index (κ2) is 5.52. The van der Waals surface area contributed by atoms with Gasteiger partial charge in [0.15, 0.2) is 0 Å². The third kappa shape index (κ3) is 4.00. The van der Waals surface area contributed by atoms with Crippen LogP contribution in [0.4, 0.5) is 13.2 Å². The minimum Gasteiger partial charge on any atom is -0.302 e. The van der Waals surface area contributed by atoms with E-state index in [0.29, 0.717) is 25.2 Å². The Labute approximate surface area is 96.6 Å². The van der Waals surface area contributed by atoms with E-state index >= 15 is 0 Å². The lowest BCUT2D eigenvalue weighted by Gasteiger charge is -2.08. The first-order valence-electron chi connectivity index (χ1n) is 5.08. The molecule has 0 N–H and O–H groups in total. The number of nitrogens with zero attached hydrogens (tertiary/aromatic N) is 3. The number of aryl methyl sites for hydroxylation is 1. The van der Waals surface area contributed by atoms with Gasteiger partial charge in [-0.3, -0.25) is 0 Å². The van der Waals surface area contributed by atoms with Gasteiger partial charge in [0.2, 0.25) is 5.28 Å². The first kappa shape index (κ1) is 13.3. The summed E-state index contributed by atoms with van der Waals surface area (Å²) in [6, 6.07) is 0. The highest BCUT2D eigenvalue weighted by Gasteiger charge is 2.25. The lowest BCUT2D eigenvalue weighted by atomic mass is 10.2. The average Bonchev–Trinajstić information content (AvgIpc) is 2.53. The number of aromatic nitrogens is 3. The first-order chi connectivity index (χ1) is 7.44. The van der Waals surface area contributed by atoms with Crippen molar-refractivity contribution in [3.8, 4) is 0 Å². The summed E-state index contributed by atoms with van der Waals surface area (Å²) < 4.78 is 37.3. The van der Waals surface area contributed by atoms with Gasteiger partial charge in [-0.1, -0.05) is 6.92 Å². The highest BCUT2D eigenvalue weighted by molar-refractivity contribution is 6.28. The van der Waals surface area contributed by atoms with Gasteiger partial charge in [0.1, 0.15) is 5.82 Å². The molecule has 1 heterocycles. The number of hydrogen-bond donors (Lipinski definition) is 0. The van der Waals surface area contributed by atoms with E-state index < -0.39 is 12.6 Å². The quantitative estimate of drug-likeness (QED) is 0.757. The minimum atomic E-state index is -4.08. The van der Waals surface area contributed by atoms with Crippen molar-refractivity contribution in [1.82, 2.24) is 14.8 Å². The van der Waals surface area contributed by atoms with Crippen LogP contribution in [-0.4, -0.2) is 20.9 Å². The molecule has 16 heavy (non-hydrogen) atoms. The zero-order chi connectivity index (χ0) is 12.2. The van der Waals surface area contributed by atoms with Crippen molar-refractivity contribution < 1.29 is 13.2 Å². The lowest BCUT2D eigenvalue weighted by Crippen LogP contribution is -2.08. The molecule has 0 aliphatic carbocycles. The molecule has 0 atom stereocenters. The molecule has 92 valence electrons. The molecule has 1 rings (SSSR count). The average molecular weight is 256 g/mol. The van der Waals surface area contributed by atoms with Gasteiger partial charge in [0.05, 0.1) is 0 Å². The largest absolute Gasteiger partial charge is 0.389 e. The number of rotatable bonds is 5. The van der Waals surface area contributed by atoms with Gasteiger partial charge in [-0.2, -0.15) is 13.2 Å². The fourth-order valence-corrected chi connectivity index (χ4v) is 1.61. The van der Waals surface area contributed by atoms with Crippen molar-refractivity contribution in [3.63, 3.8) is 0 Å². The predicted molar refractivity (Wildman–Crippen MR) is 54.3 cm³/mol. The fraction of sp³-hybridized carbons (Fsp3) is 0.778. The van der Waals surface area contributed by atoms with E-state index in [2.05, 4.69) is 10.2 Å². The van der Waals surface area contributed by atoms with E-state index in [-0.39, 0.29) is 11.7 Å². The maximum absolute atomic E-state index is 11.9. The molecule has 1 aromatic rings. The highest BCUT2D eigenvalue weighted by atomic mass is 35.5. The van der Waals surface area contributed by atoms with Crippen LogP contribution in [0.2, 0.25) is 5.28 Å². The molecule has 0 unspecified atom stereocenters. The molecule has 0 aliphatic rings. The number of halogens is 4. The Balaban J connectivity index is 2.40. The van der Waals surface area contributed by atoms with Gasteiger partial charge >= 0.3 is 6.18 Å².